The van der Waals surface area contributed by atoms with Gasteiger partial charge in [0.05, 0.1) is 12.5 Å². The molecule has 0 aliphatic carbocycles. The van der Waals surface area contributed by atoms with Crippen LogP contribution < -0.4 is 10.6 Å². The standard InChI is InChI=1S/C13H12ClN5O2/c14-9-2-1-3-10(5-9)17-11(20)4-8-6-19-13(15-7-16-19)18-12(8)21/h1-3,5,7-8H,4,6H2,(H,17,20)(H,15,16,18,21)/t8-/m0/s1. The number of rotatable bonds is 3. The van der Waals surface area contributed by atoms with E-state index in [0.717, 1.165) is 0 Å². The topological polar surface area (TPSA) is 88.9 Å². The number of benzene rings is 1. The van der Waals surface area contributed by atoms with Crippen LogP contribution in [0.25, 0.3) is 0 Å². The van der Waals surface area contributed by atoms with Gasteiger partial charge in [-0.1, -0.05) is 17.7 Å². The molecule has 2 amide bonds. The van der Waals surface area contributed by atoms with Crippen LogP contribution in [0.15, 0.2) is 30.6 Å². The lowest BCUT2D eigenvalue weighted by molar-refractivity contribution is -0.125. The molecule has 2 N–H and O–H groups in total. The molecule has 0 fully saturated rings. The predicted molar refractivity (Wildman–Crippen MR) is 76.8 cm³/mol. The predicted octanol–water partition coefficient (Wildman–Crippen LogP) is 1.53. The molecule has 21 heavy (non-hydrogen) atoms. The van der Waals surface area contributed by atoms with Crippen LogP contribution in [0, 0.1) is 5.92 Å². The highest BCUT2D eigenvalue weighted by Crippen LogP contribution is 2.20. The van der Waals surface area contributed by atoms with Crippen molar-refractivity contribution in [2.45, 2.75) is 13.0 Å². The zero-order chi connectivity index (χ0) is 14.8. The Morgan fingerprint density at radius 1 is 1.52 bits per heavy atom. The zero-order valence-corrected chi connectivity index (χ0v) is 11.7. The SMILES string of the molecule is O=C(C[C@H]1Cn2ncnc2NC1=O)Nc1cccc(Cl)c1. The molecular weight excluding hydrogens is 294 g/mol. The lowest BCUT2D eigenvalue weighted by atomic mass is 10.0. The van der Waals surface area contributed by atoms with Gasteiger partial charge in [-0.15, -0.1) is 0 Å². The van der Waals surface area contributed by atoms with Gasteiger partial charge in [0.25, 0.3) is 0 Å². The summed E-state index contributed by atoms with van der Waals surface area (Å²) in [7, 11) is 0. The zero-order valence-electron chi connectivity index (χ0n) is 10.9. The van der Waals surface area contributed by atoms with Gasteiger partial charge in [0.1, 0.15) is 6.33 Å². The molecule has 0 spiro atoms. The second-order valence-electron chi connectivity index (χ2n) is 4.71. The van der Waals surface area contributed by atoms with Crippen LogP contribution in [-0.4, -0.2) is 26.6 Å². The fraction of sp³-hybridized carbons (Fsp3) is 0.231. The molecule has 0 unspecified atom stereocenters. The monoisotopic (exact) mass is 305 g/mol. The third kappa shape index (κ3) is 3.03. The lowest BCUT2D eigenvalue weighted by Gasteiger charge is -2.21. The van der Waals surface area contributed by atoms with Crippen molar-refractivity contribution in [3.05, 3.63) is 35.6 Å². The highest BCUT2D eigenvalue weighted by atomic mass is 35.5. The highest BCUT2D eigenvalue weighted by molar-refractivity contribution is 6.30. The second kappa shape index (κ2) is 5.53. The number of amides is 2. The van der Waals surface area contributed by atoms with Crippen molar-refractivity contribution in [3.63, 3.8) is 0 Å². The third-order valence-corrected chi connectivity index (χ3v) is 3.39. The second-order valence-corrected chi connectivity index (χ2v) is 5.15. The minimum atomic E-state index is -0.474. The Labute approximate surface area is 125 Å². The Bertz CT molecular complexity index is 699. The number of hydrogen-bond acceptors (Lipinski definition) is 4. The van der Waals surface area contributed by atoms with E-state index in [1.807, 2.05) is 0 Å². The van der Waals surface area contributed by atoms with Crippen molar-refractivity contribution in [1.82, 2.24) is 14.8 Å². The summed E-state index contributed by atoms with van der Waals surface area (Å²) in [6.07, 6.45) is 1.43. The first-order chi connectivity index (χ1) is 10.1. The quantitative estimate of drug-likeness (QED) is 0.900. The molecule has 1 aromatic heterocycles. The molecule has 7 nitrogen and oxygen atoms in total. The molecule has 1 aromatic carbocycles. The van der Waals surface area contributed by atoms with E-state index in [-0.39, 0.29) is 18.2 Å². The Hall–Kier alpha value is -2.41. The number of fused-ring (bicyclic) bond motifs is 1. The van der Waals surface area contributed by atoms with Gasteiger partial charge in [0.2, 0.25) is 17.8 Å². The first-order valence-electron chi connectivity index (χ1n) is 6.36. The minimum Gasteiger partial charge on any atom is -0.326 e. The van der Waals surface area contributed by atoms with Gasteiger partial charge in [0.15, 0.2) is 0 Å². The highest BCUT2D eigenvalue weighted by Gasteiger charge is 2.29. The van der Waals surface area contributed by atoms with Gasteiger partial charge in [-0.25, -0.2) is 4.68 Å². The molecule has 0 radical (unpaired) electrons. The number of carbonyl (C=O) groups excluding carboxylic acids is 2. The van der Waals surface area contributed by atoms with Crippen molar-refractivity contribution < 1.29 is 9.59 Å². The van der Waals surface area contributed by atoms with Crippen LogP contribution in [0.3, 0.4) is 0 Å². The molecule has 2 aromatic rings. The van der Waals surface area contributed by atoms with E-state index in [4.69, 9.17) is 11.6 Å². The van der Waals surface area contributed by atoms with Crippen LogP contribution in [0.2, 0.25) is 5.02 Å². The summed E-state index contributed by atoms with van der Waals surface area (Å²) in [5.74, 6) is -0.539. The van der Waals surface area contributed by atoms with Gasteiger partial charge in [-0.2, -0.15) is 10.1 Å². The van der Waals surface area contributed by atoms with Crippen molar-refractivity contribution in [3.8, 4) is 0 Å². The largest absolute Gasteiger partial charge is 0.326 e. The molecule has 1 aliphatic rings. The number of halogens is 1. The fourth-order valence-electron chi connectivity index (χ4n) is 2.16. The van der Waals surface area contributed by atoms with Gasteiger partial charge < -0.3 is 5.32 Å². The lowest BCUT2D eigenvalue weighted by Crippen LogP contribution is -2.36. The molecule has 3 rings (SSSR count). The molecule has 0 bridgehead atoms. The summed E-state index contributed by atoms with van der Waals surface area (Å²) in [5, 5.41) is 9.86. The summed E-state index contributed by atoms with van der Waals surface area (Å²) in [6, 6.07) is 6.85. The average Bonchev–Trinajstić information content (AvgIpc) is 2.86. The van der Waals surface area contributed by atoms with Crippen molar-refractivity contribution in [2.75, 3.05) is 10.6 Å². The number of nitrogens with zero attached hydrogens (tertiary/aromatic N) is 3. The van der Waals surface area contributed by atoms with E-state index in [1.165, 1.54) is 6.33 Å². The van der Waals surface area contributed by atoms with E-state index in [9.17, 15) is 9.59 Å². The Morgan fingerprint density at radius 3 is 3.19 bits per heavy atom. The maximum Gasteiger partial charge on any atom is 0.232 e. The number of hydrogen-bond donors (Lipinski definition) is 2. The molecule has 1 atom stereocenters. The normalized spacial score (nSPS) is 17.0. The molecule has 0 saturated carbocycles. The Morgan fingerprint density at radius 2 is 2.38 bits per heavy atom. The Balaban J connectivity index is 1.64. The van der Waals surface area contributed by atoms with Gasteiger partial charge in [0, 0.05) is 17.1 Å². The number of anilines is 2. The summed E-state index contributed by atoms with van der Waals surface area (Å²) < 4.78 is 1.57. The fourth-order valence-corrected chi connectivity index (χ4v) is 2.35. The maximum atomic E-state index is 12.0. The van der Waals surface area contributed by atoms with Gasteiger partial charge >= 0.3 is 0 Å². The average molecular weight is 306 g/mol. The van der Waals surface area contributed by atoms with E-state index in [0.29, 0.717) is 23.2 Å². The smallest absolute Gasteiger partial charge is 0.232 e. The first kappa shape index (κ1) is 13.6. The molecule has 1 aliphatic heterocycles. The summed E-state index contributed by atoms with van der Waals surface area (Å²) in [4.78, 5) is 27.8. The molecule has 8 heteroatoms. The minimum absolute atomic E-state index is 0.0671. The summed E-state index contributed by atoms with van der Waals surface area (Å²) in [6.45, 7) is 0.337. The van der Waals surface area contributed by atoms with E-state index in [2.05, 4.69) is 20.7 Å². The van der Waals surface area contributed by atoms with E-state index < -0.39 is 5.92 Å². The van der Waals surface area contributed by atoms with Crippen molar-refractivity contribution >= 4 is 35.1 Å². The molecule has 2 heterocycles. The number of nitrogens with one attached hydrogen (secondary N) is 2. The number of aromatic nitrogens is 3. The van der Waals surface area contributed by atoms with Crippen LogP contribution in [0.4, 0.5) is 11.6 Å². The van der Waals surface area contributed by atoms with Crippen LogP contribution in [0.5, 0.6) is 0 Å². The molecule has 108 valence electrons. The molecular formula is C13H12ClN5O2. The van der Waals surface area contributed by atoms with Crippen LogP contribution in [-0.2, 0) is 16.1 Å². The van der Waals surface area contributed by atoms with E-state index in [1.54, 1.807) is 28.9 Å². The van der Waals surface area contributed by atoms with Crippen molar-refractivity contribution in [1.29, 1.82) is 0 Å². The Kier molecular flexibility index (Phi) is 3.57. The number of carbonyl (C=O) groups is 2. The summed E-state index contributed by atoms with van der Waals surface area (Å²) >= 11 is 5.85. The van der Waals surface area contributed by atoms with Crippen molar-refractivity contribution in [2.24, 2.45) is 5.92 Å². The summed E-state index contributed by atoms with van der Waals surface area (Å²) in [5.41, 5.74) is 0.602. The van der Waals surface area contributed by atoms with Gasteiger partial charge in [-0.3, -0.25) is 14.9 Å². The maximum absolute atomic E-state index is 12.0. The molecule has 0 saturated heterocycles. The van der Waals surface area contributed by atoms with E-state index >= 15 is 0 Å². The third-order valence-electron chi connectivity index (χ3n) is 3.15. The first-order valence-corrected chi connectivity index (χ1v) is 6.74. The van der Waals surface area contributed by atoms with Crippen LogP contribution in [0.1, 0.15) is 6.42 Å². The van der Waals surface area contributed by atoms with Gasteiger partial charge in [-0.05, 0) is 18.2 Å². The van der Waals surface area contributed by atoms with Crippen LogP contribution >= 0.6 is 11.6 Å².